The molecule has 0 amide bonds. The fourth-order valence-electron chi connectivity index (χ4n) is 2.36. The van der Waals surface area contributed by atoms with Crippen LogP contribution in [0.2, 0.25) is 5.02 Å². The lowest BCUT2D eigenvalue weighted by Crippen LogP contribution is -2.44. The summed E-state index contributed by atoms with van der Waals surface area (Å²) in [6.45, 7) is 3.94. The first-order chi connectivity index (χ1) is 7.98. The Kier molecular flexibility index (Phi) is 3.76. The van der Waals surface area contributed by atoms with Gasteiger partial charge in [0.05, 0.1) is 5.60 Å². The highest BCUT2D eigenvalue weighted by atomic mass is 35.5. The van der Waals surface area contributed by atoms with Crippen molar-refractivity contribution < 1.29 is 5.11 Å². The predicted octanol–water partition coefficient (Wildman–Crippen LogP) is 2.65. The summed E-state index contributed by atoms with van der Waals surface area (Å²) < 4.78 is 0. The van der Waals surface area contributed by atoms with Gasteiger partial charge < -0.3 is 10.0 Å². The van der Waals surface area contributed by atoms with Crippen LogP contribution in [-0.2, 0) is 6.42 Å². The van der Waals surface area contributed by atoms with Crippen LogP contribution in [-0.4, -0.2) is 35.7 Å². The van der Waals surface area contributed by atoms with Crippen LogP contribution in [0, 0.1) is 6.92 Å². The number of nitrogens with zero attached hydrogens (tertiary/aromatic N) is 1. The van der Waals surface area contributed by atoms with Crippen LogP contribution >= 0.6 is 11.6 Å². The second-order valence-electron chi connectivity index (χ2n) is 5.30. The summed E-state index contributed by atoms with van der Waals surface area (Å²) in [7, 11) is 2.10. The fourth-order valence-corrected chi connectivity index (χ4v) is 2.66. The number of halogens is 1. The second-order valence-corrected chi connectivity index (χ2v) is 5.71. The molecule has 1 aromatic rings. The van der Waals surface area contributed by atoms with Gasteiger partial charge in [-0.1, -0.05) is 23.7 Å². The summed E-state index contributed by atoms with van der Waals surface area (Å²) in [5.74, 6) is 0. The van der Waals surface area contributed by atoms with Gasteiger partial charge in [-0.2, -0.15) is 0 Å². The van der Waals surface area contributed by atoms with E-state index in [9.17, 15) is 5.11 Å². The van der Waals surface area contributed by atoms with Crippen molar-refractivity contribution in [1.82, 2.24) is 4.90 Å². The highest BCUT2D eigenvalue weighted by Crippen LogP contribution is 2.29. The molecule has 2 nitrogen and oxygen atoms in total. The molecule has 1 fully saturated rings. The van der Waals surface area contributed by atoms with Crippen LogP contribution in [0.5, 0.6) is 0 Å². The van der Waals surface area contributed by atoms with E-state index < -0.39 is 5.60 Å². The van der Waals surface area contributed by atoms with Crippen molar-refractivity contribution in [2.45, 2.75) is 31.8 Å². The van der Waals surface area contributed by atoms with Crippen LogP contribution in [0.15, 0.2) is 18.2 Å². The Morgan fingerprint density at radius 2 is 2.00 bits per heavy atom. The molecule has 1 aliphatic heterocycles. The Balaban J connectivity index is 2.09. The molecule has 94 valence electrons. The van der Waals surface area contributed by atoms with Crippen LogP contribution in [0.4, 0.5) is 0 Å². The number of hydrogen-bond donors (Lipinski definition) is 1. The molecule has 1 N–H and O–H groups in total. The van der Waals surface area contributed by atoms with Crippen LogP contribution in [0.25, 0.3) is 0 Å². The maximum atomic E-state index is 10.6. The average Bonchev–Trinajstić information content (AvgIpc) is 2.27. The van der Waals surface area contributed by atoms with Gasteiger partial charge in [-0.3, -0.25) is 0 Å². The van der Waals surface area contributed by atoms with Gasteiger partial charge in [0.15, 0.2) is 0 Å². The molecule has 0 spiro atoms. The van der Waals surface area contributed by atoms with Gasteiger partial charge in [-0.05, 0) is 44.0 Å². The smallest absolute Gasteiger partial charge is 0.0712 e. The fraction of sp³-hybridized carbons (Fsp3) is 0.571. The molecule has 0 unspecified atom stereocenters. The molecule has 0 radical (unpaired) electrons. The quantitative estimate of drug-likeness (QED) is 0.876. The van der Waals surface area contributed by atoms with E-state index in [2.05, 4.69) is 18.0 Å². The first-order valence-corrected chi connectivity index (χ1v) is 6.52. The summed E-state index contributed by atoms with van der Waals surface area (Å²) in [5, 5.41) is 11.3. The lowest BCUT2D eigenvalue weighted by molar-refractivity contribution is -0.0150. The number of piperidine rings is 1. The monoisotopic (exact) mass is 253 g/mol. The van der Waals surface area contributed by atoms with Crippen LogP contribution in [0.1, 0.15) is 24.0 Å². The predicted molar refractivity (Wildman–Crippen MR) is 71.6 cm³/mol. The second kappa shape index (κ2) is 4.97. The average molecular weight is 254 g/mol. The summed E-state index contributed by atoms with van der Waals surface area (Å²) in [6.07, 6.45) is 2.32. The number of hydrogen-bond acceptors (Lipinski definition) is 2. The first kappa shape index (κ1) is 12.9. The Morgan fingerprint density at radius 3 is 2.59 bits per heavy atom. The summed E-state index contributed by atoms with van der Waals surface area (Å²) in [6, 6.07) is 6.06. The third-order valence-corrected chi connectivity index (χ3v) is 4.00. The third-order valence-electron chi connectivity index (χ3n) is 3.65. The first-order valence-electron chi connectivity index (χ1n) is 6.14. The van der Waals surface area contributed by atoms with Crippen molar-refractivity contribution in [3.05, 3.63) is 34.3 Å². The summed E-state index contributed by atoms with van der Waals surface area (Å²) >= 11 is 6.22. The minimum atomic E-state index is -0.578. The van der Waals surface area contributed by atoms with Crippen LogP contribution in [0.3, 0.4) is 0 Å². The summed E-state index contributed by atoms with van der Waals surface area (Å²) in [4.78, 5) is 2.26. The molecule has 3 heteroatoms. The maximum Gasteiger partial charge on any atom is 0.0712 e. The highest BCUT2D eigenvalue weighted by Gasteiger charge is 2.31. The van der Waals surface area contributed by atoms with E-state index in [1.165, 1.54) is 0 Å². The van der Waals surface area contributed by atoms with Gasteiger partial charge in [0, 0.05) is 24.5 Å². The van der Waals surface area contributed by atoms with Gasteiger partial charge in [-0.25, -0.2) is 0 Å². The van der Waals surface area contributed by atoms with Gasteiger partial charge in [-0.15, -0.1) is 0 Å². The van der Waals surface area contributed by atoms with E-state index in [1.807, 2.05) is 19.1 Å². The number of likely N-dealkylation sites (tertiary alicyclic amines) is 1. The molecule has 0 saturated carbocycles. The van der Waals surface area contributed by atoms with Crippen molar-refractivity contribution in [1.29, 1.82) is 0 Å². The molecule has 1 aliphatic rings. The SMILES string of the molecule is Cc1ccc(CC2(O)CCN(C)CC2)c(Cl)c1. The van der Waals surface area contributed by atoms with E-state index in [4.69, 9.17) is 11.6 Å². The molecule has 1 saturated heterocycles. The largest absolute Gasteiger partial charge is 0.389 e. The van der Waals surface area contributed by atoms with Gasteiger partial charge in [0.25, 0.3) is 0 Å². The topological polar surface area (TPSA) is 23.5 Å². The molecule has 0 atom stereocenters. The van der Waals surface area contributed by atoms with E-state index in [0.29, 0.717) is 6.42 Å². The molecule has 1 heterocycles. The maximum absolute atomic E-state index is 10.6. The van der Waals surface area contributed by atoms with Crippen molar-refractivity contribution >= 4 is 11.6 Å². The molecular weight excluding hydrogens is 234 g/mol. The minimum Gasteiger partial charge on any atom is -0.389 e. The van der Waals surface area contributed by atoms with Crippen molar-refractivity contribution in [3.8, 4) is 0 Å². The van der Waals surface area contributed by atoms with E-state index in [-0.39, 0.29) is 0 Å². The Labute approximate surface area is 108 Å². The van der Waals surface area contributed by atoms with Gasteiger partial charge in [0.1, 0.15) is 0 Å². The van der Waals surface area contributed by atoms with E-state index in [0.717, 1.165) is 42.1 Å². The van der Waals surface area contributed by atoms with Crippen LogP contribution < -0.4 is 0 Å². The minimum absolute atomic E-state index is 0.578. The number of rotatable bonds is 2. The standard InChI is InChI=1S/C14H20ClNO/c1-11-3-4-12(13(15)9-11)10-14(17)5-7-16(2)8-6-14/h3-4,9,17H,5-8,10H2,1-2H3. The highest BCUT2D eigenvalue weighted by molar-refractivity contribution is 6.31. The number of aryl methyl sites for hydroxylation is 1. The molecule has 0 aromatic heterocycles. The lowest BCUT2D eigenvalue weighted by atomic mass is 9.85. The Morgan fingerprint density at radius 1 is 1.35 bits per heavy atom. The third kappa shape index (κ3) is 3.21. The summed E-state index contributed by atoms with van der Waals surface area (Å²) in [5.41, 5.74) is 1.64. The Bertz CT molecular complexity index is 397. The lowest BCUT2D eigenvalue weighted by Gasteiger charge is -2.36. The normalized spacial score (nSPS) is 20.5. The zero-order valence-electron chi connectivity index (χ0n) is 10.5. The molecule has 0 bridgehead atoms. The van der Waals surface area contributed by atoms with Crippen molar-refractivity contribution in [2.24, 2.45) is 0 Å². The van der Waals surface area contributed by atoms with Gasteiger partial charge in [0.2, 0.25) is 0 Å². The van der Waals surface area contributed by atoms with E-state index >= 15 is 0 Å². The molecule has 17 heavy (non-hydrogen) atoms. The molecular formula is C14H20ClNO. The Hall–Kier alpha value is -0.570. The van der Waals surface area contributed by atoms with Crippen molar-refractivity contribution in [2.75, 3.05) is 20.1 Å². The molecule has 2 rings (SSSR count). The molecule has 1 aromatic carbocycles. The number of benzene rings is 1. The van der Waals surface area contributed by atoms with E-state index in [1.54, 1.807) is 0 Å². The molecule has 0 aliphatic carbocycles. The van der Waals surface area contributed by atoms with Gasteiger partial charge >= 0.3 is 0 Å². The van der Waals surface area contributed by atoms with Crippen molar-refractivity contribution in [3.63, 3.8) is 0 Å². The number of aliphatic hydroxyl groups is 1. The zero-order chi connectivity index (χ0) is 12.5. The zero-order valence-corrected chi connectivity index (χ0v) is 11.3.